The minimum Gasteiger partial charge on any atom is -0.497 e. The van der Waals surface area contributed by atoms with Gasteiger partial charge in [-0.05, 0) is 68.3 Å². The van der Waals surface area contributed by atoms with Crippen LogP contribution < -0.4 is 15.0 Å². The number of aromatic nitrogens is 3. The Morgan fingerprint density at radius 2 is 1.75 bits per heavy atom. The van der Waals surface area contributed by atoms with E-state index in [0.717, 1.165) is 17.0 Å². The van der Waals surface area contributed by atoms with Crippen molar-refractivity contribution < 1.29 is 27.5 Å². The zero-order chi connectivity index (χ0) is 29.1. The van der Waals surface area contributed by atoms with E-state index in [1.165, 1.54) is 23.9 Å². The summed E-state index contributed by atoms with van der Waals surface area (Å²) in [6.07, 6.45) is -4.09. The quantitative estimate of drug-likeness (QED) is 0.294. The molecule has 0 bridgehead atoms. The summed E-state index contributed by atoms with van der Waals surface area (Å²) >= 11 is 0. The van der Waals surface area contributed by atoms with Crippen LogP contribution in [0.4, 0.5) is 18.9 Å². The second kappa shape index (κ2) is 11.4. The van der Waals surface area contributed by atoms with E-state index >= 15 is 0 Å². The van der Waals surface area contributed by atoms with Gasteiger partial charge in [0.1, 0.15) is 23.9 Å². The van der Waals surface area contributed by atoms with Gasteiger partial charge in [0, 0.05) is 11.2 Å². The molecular weight excluding hydrogens is 523 g/mol. The number of carbonyl (C=O) groups is 2. The molecule has 0 saturated carbocycles. The number of ether oxygens (including phenoxy) is 1. The number of carbonyl (C=O) groups excluding carboxylic acids is 2. The van der Waals surface area contributed by atoms with Gasteiger partial charge in [0.05, 0.1) is 18.2 Å². The van der Waals surface area contributed by atoms with Gasteiger partial charge in [0.15, 0.2) is 0 Å². The van der Waals surface area contributed by atoms with Gasteiger partial charge >= 0.3 is 6.18 Å². The molecule has 0 aliphatic rings. The van der Waals surface area contributed by atoms with Crippen LogP contribution in [-0.4, -0.2) is 39.5 Å². The number of halogens is 3. The Morgan fingerprint density at radius 1 is 1.02 bits per heavy atom. The van der Waals surface area contributed by atoms with Crippen molar-refractivity contribution in [3.63, 3.8) is 0 Å². The molecule has 0 spiro atoms. The van der Waals surface area contributed by atoms with Gasteiger partial charge in [-0.3, -0.25) is 14.5 Å². The lowest BCUT2D eigenvalue weighted by Crippen LogP contribution is -2.51. The first-order chi connectivity index (χ1) is 18.9. The molecule has 1 heterocycles. The Kier molecular flexibility index (Phi) is 8.13. The molecule has 2 amide bonds. The van der Waals surface area contributed by atoms with Crippen LogP contribution in [0.15, 0.2) is 72.8 Å². The van der Waals surface area contributed by atoms with Crippen LogP contribution in [0.5, 0.6) is 5.75 Å². The van der Waals surface area contributed by atoms with E-state index in [2.05, 4.69) is 15.6 Å². The topological polar surface area (TPSA) is 89.4 Å². The monoisotopic (exact) mass is 553 g/mol. The Morgan fingerprint density at radius 3 is 2.45 bits per heavy atom. The maximum atomic E-state index is 14.1. The number of methoxy groups -OCH3 is 1. The second-order valence-electron chi connectivity index (χ2n) is 9.95. The van der Waals surface area contributed by atoms with E-state index in [-0.39, 0.29) is 12.2 Å². The average Bonchev–Trinajstić information content (AvgIpc) is 3.33. The number of hydrogen-bond acceptors (Lipinski definition) is 5. The minimum atomic E-state index is -4.66. The Balaban J connectivity index is 1.89. The van der Waals surface area contributed by atoms with Crippen LogP contribution in [0.2, 0.25) is 0 Å². The largest absolute Gasteiger partial charge is 0.497 e. The van der Waals surface area contributed by atoms with Crippen molar-refractivity contribution in [1.82, 2.24) is 20.3 Å². The fourth-order valence-corrected chi connectivity index (χ4v) is 4.23. The molecule has 3 aromatic carbocycles. The lowest BCUT2D eigenvalue weighted by molar-refractivity contribution is -0.137. The van der Waals surface area contributed by atoms with Crippen molar-refractivity contribution in [2.24, 2.45) is 0 Å². The smallest absolute Gasteiger partial charge is 0.416 e. The highest BCUT2D eigenvalue weighted by atomic mass is 19.4. The van der Waals surface area contributed by atoms with E-state index in [1.54, 1.807) is 48.5 Å². The predicted molar refractivity (Wildman–Crippen MR) is 145 cm³/mol. The Bertz CT molecular complexity index is 1520. The van der Waals surface area contributed by atoms with Crippen molar-refractivity contribution in [3.05, 3.63) is 83.9 Å². The fourth-order valence-electron chi connectivity index (χ4n) is 4.23. The third-order valence-electron chi connectivity index (χ3n) is 6.69. The number of rotatable bonds is 9. The van der Waals surface area contributed by atoms with Crippen molar-refractivity contribution in [2.45, 2.75) is 51.5 Å². The first-order valence-electron chi connectivity index (χ1n) is 12.7. The van der Waals surface area contributed by atoms with Crippen LogP contribution in [0.25, 0.3) is 11.0 Å². The molecule has 8 nitrogen and oxygen atoms in total. The molecule has 4 rings (SSSR count). The summed E-state index contributed by atoms with van der Waals surface area (Å²) in [5, 5.41) is 11.1. The zero-order valence-corrected chi connectivity index (χ0v) is 22.6. The molecular formula is C29H30F3N5O3. The number of benzene rings is 3. The summed E-state index contributed by atoms with van der Waals surface area (Å²) in [7, 11) is 1.46. The van der Waals surface area contributed by atoms with Gasteiger partial charge in [0.25, 0.3) is 0 Å². The second-order valence-corrected chi connectivity index (χ2v) is 9.95. The maximum absolute atomic E-state index is 14.1. The van der Waals surface area contributed by atoms with Gasteiger partial charge in [-0.2, -0.15) is 13.2 Å². The molecule has 0 fully saturated rings. The van der Waals surface area contributed by atoms with Crippen molar-refractivity contribution >= 4 is 28.5 Å². The summed E-state index contributed by atoms with van der Waals surface area (Å²) in [4.78, 5) is 29.1. The highest BCUT2D eigenvalue weighted by molar-refractivity contribution is 6.01. The standard InChI is InChI=1S/C29H30F3N5O3/c1-5-28(2,3)33-27(39)26(19-10-8-13-22(16-19)40-4)37(21-12-9-11-20(17-21)29(30,31)32)25(38)18-36-24-15-7-6-14-23(24)34-35-36/h6-17,26H,5,18H2,1-4H3,(H,33,39)/t26-/m0/s1. The fraction of sp³-hybridized carbons (Fsp3) is 0.310. The SMILES string of the molecule is CCC(C)(C)NC(=O)[C@H](c1cccc(OC)c1)N(C(=O)Cn1nnc2ccccc21)c1cccc(C(F)(F)F)c1. The lowest BCUT2D eigenvalue weighted by Gasteiger charge is -2.35. The molecule has 11 heteroatoms. The number of fused-ring (bicyclic) bond motifs is 1. The molecule has 1 aromatic heterocycles. The number of para-hydroxylation sites is 1. The van der Waals surface area contributed by atoms with Crippen molar-refractivity contribution in [1.29, 1.82) is 0 Å². The minimum absolute atomic E-state index is 0.0958. The highest BCUT2D eigenvalue weighted by Gasteiger charge is 2.37. The first kappa shape index (κ1) is 28.6. The molecule has 210 valence electrons. The number of nitrogens with zero attached hydrogens (tertiary/aromatic N) is 4. The van der Waals surface area contributed by atoms with E-state index in [0.29, 0.717) is 28.8 Å². The molecule has 0 unspecified atom stereocenters. The van der Waals surface area contributed by atoms with Crippen LogP contribution in [-0.2, 0) is 22.3 Å². The summed E-state index contributed by atoms with van der Waals surface area (Å²) in [6.45, 7) is 5.17. The predicted octanol–water partition coefficient (Wildman–Crippen LogP) is 5.54. The van der Waals surface area contributed by atoms with Crippen LogP contribution in [0.1, 0.15) is 44.4 Å². The van der Waals surface area contributed by atoms with E-state index in [1.807, 2.05) is 20.8 Å². The molecule has 1 atom stereocenters. The van der Waals surface area contributed by atoms with Gasteiger partial charge in [-0.25, -0.2) is 4.68 Å². The number of hydrogen-bond donors (Lipinski definition) is 1. The van der Waals surface area contributed by atoms with Gasteiger partial charge in [0.2, 0.25) is 11.8 Å². The summed E-state index contributed by atoms with van der Waals surface area (Å²) in [5.41, 5.74) is -0.229. The summed E-state index contributed by atoms with van der Waals surface area (Å²) in [5.74, 6) is -0.801. The van der Waals surface area contributed by atoms with Crippen LogP contribution in [0, 0.1) is 0 Å². The van der Waals surface area contributed by atoms with Gasteiger partial charge in [-0.1, -0.05) is 42.5 Å². The molecule has 4 aromatic rings. The van der Waals surface area contributed by atoms with E-state index in [4.69, 9.17) is 4.74 Å². The Hall–Kier alpha value is -4.41. The van der Waals surface area contributed by atoms with Gasteiger partial charge < -0.3 is 10.1 Å². The molecule has 40 heavy (non-hydrogen) atoms. The van der Waals surface area contributed by atoms with Gasteiger partial charge in [-0.15, -0.1) is 5.10 Å². The summed E-state index contributed by atoms with van der Waals surface area (Å²) in [6, 6.07) is 16.6. The van der Waals surface area contributed by atoms with Crippen molar-refractivity contribution in [3.8, 4) is 5.75 Å². The molecule has 0 aliphatic carbocycles. The average molecular weight is 554 g/mol. The zero-order valence-electron chi connectivity index (χ0n) is 22.6. The van der Waals surface area contributed by atoms with E-state index in [9.17, 15) is 22.8 Å². The van der Waals surface area contributed by atoms with Crippen LogP contribution >= 0.6 is 0 Å². The van der Waals surface area contributed by atoms with Crippen molar-refractivity contribution in [2.75, 3.05) is 12.0 Å². The maximum Gasteiger partial charge on any atom is 0.416 e. The summed E-state index contributed by atoms with van der Waals surface area (Å²) < 4.78 is 47.9. The lowest BCUT2D eigenvalue weighted by atomic mass is 9.98. The Labute approximate surface area is 229 Å². The normalized spacial score (nSPS) is 12.7. The van der Waals surface area contributed by atoms with E-state index < -0.39 is 35.1 Å². The molecule has 0 saturated heterocycles. The molecule has 1 N–H and O–H groups in total. The molecule has 0 aliphatic heterocycles. The number of alkyl halides is 3. The number of anilines is 1. The third kappa shape index (κ3) is 6.24. The van der Waals surface area contributed by atoms with Crippen LogP contribution in [0.3, 0.4) is 0 Å². The number of nitrogens with one attached hydrogen (secondary N) is 1. The number of amides is 2. The molecule has 0 radical (unpaired) electrons. The first-order valence-corrected chi connectivity index (χ1v) is 12.7. The third-order valence-corrected chi connectivity index (χ3v) is 6.69. The highest BCUT2D eigenvalue weighted by Crippen LogP contribution is 2.36.